The van der Waals surface area contributed by atoms with Gasteiger partial charge in [-0.3, -0.25) is 0 Å². The molecule has 0 unspecified atom stereocenters. The van der Waals surface area contributed by atoms with Crippen molar-refractivity contribution in [1.29, 1.82) is 0 Å². The summed E-state index contributed by atoms with van der Waals surface area (Å²) in [6, 6.07) is 13.5. The molecular weight excluding hydrogens is 230 g/mol. The van der Waals surface area contributed by atoms with E-state index in [1.54, 1.807) is 0 Å². The van der Waals surface area contributed by atoms with Crippen LogP contribution in [-0.4, -0.2) is 11.1 Å². The lowest BCUT2D eigenvalue weighted by atomic mass is 10.2. The summed E-state index contributed by atoms with van der Waals surface area (Å²) < 4.78 is 0. The van der Waals surface area contributed by atoms with Gasteiger partial charge in [0, 0.05) is 0 Å². The van der Waals surface area contributed by atoms with Crippen molar-refractivity contribution in [3.63, 3.8) is 0 Å². The lowest BCUT2D eigenvalue weighted by molar-refractivity contribution is 0.0697. The van der Waals surface area contributed by atoms with Crippen LogP contribution in [-0.2, 0) is 0 Å². The quantitative estimate of drug-likeness (QED) is 0.637. The molecule has 0 atom stereocenters. The van der Waals surface area contributed by atoms with Crippen molar-refractivity contribution in [2.45, 2.75) is 0 Å². The Labute approximate surface area is 104 Å². The number of aromatic carboxylic acids is 1. The van der Waals surface area contributed by atoms with E-state index in [0.717, 1.165) is 0 Å². The Bertz CT molecular complexity index is 594. The zero-order valence-corrected chi connectivity index (χ0v) is 9.45. The summed E-state index contributed by atoms with van der Waals surface area (Å²) in [5.41, 5.74) is 7.28. The Morgan fingerprint density at radius 2 is 1.78 bits per heavy atom. The molecule has 0 fully saturated rings. The van der Waals surface area contributed by atoms with E-state index in [1.165, 1.54) is 18.2 Å². The Balaban J connectivity index is 2.25. The van der Waals surface area contributed by atoms with Gasteiger partial charge in [-0.25, -0.2) is 4.79 Å². The van der Waals surface area contributed by atoms with E-state index in [0.29, 0.717) is 11.4 Å². The summed E-state index contributed by atoms with van der Waals surface area (Å²) in [4.78, 5) is 10.7. The smallest absolute Gasteiger partial charge is 0.335 e. The lowest BCUT2D eigenvalue weighted by Gasteiger charge is -2.00. The Kier molecular flexibility index (Phi) is 3.33. The van der Waals surface area contributed by atoms with Crippen molar-refractivity contribution in [3.05, 3.63) is 54.1 Å². The molecule has 0 aliphatic carbocycles. The van der Waals surface area contributed by atoms with E-state index in [-0.39, 0.29) is 11.3 Å². The minimum atomic E-state index is -1.02. The Hall–Kier alpha value is -2.69. The predicted molar refractivity (Wildman–Crippen MR) is 68.4 cm³/mol. The fourth-order valence-electron chi connectivity index (χ4n) is 1.38. The molecule has 0 radical (unpaired) electrons. The average molecular weight is 241 g/mol. The number of anilines is 1. The number of nitrogens with two attached hydrogens (primary N) is 1. The molecule has 90 valence electrons. The van der Waals surface area contributed by atoms with E-state index in [4.69, 9.17) is 10.8 Å². The highest BCUT2D eigenvalue weighted by Crippen LogP contribution is 2.25. The topological polar surface area (TPSA) is 88.0 Å². The van der Waals surface area contributed by atoms with Gasteiger partial charge in [0.15, 0.2) is 0 Å². The molecular formula is C13H11N3O2. The van der Waals surface area contributed by atoms with Gasteiger partial charge in [0.2, 0.25) is 0 Å². The molecule has 18 heavy (non-hydrogen) atoms. The van der Waals surface area contributed by atoms with Crippen LogP contribution < -0.4 is 5.73 Å². The van der Waals surface area contributed by atoms with Crippen LogP contribution in [0.1, 0.15) is 10.4 Å². The van der Waals surface area contributed by atoms with E-state index in [2.05, 4.69) is 10.2 Å². The fraction of sp³-hybridized carbons (Fsp3) is 0. The zero-order chi connectivity index (χ0) is 13.0. The number of benzene rings is 2. The standard InChI is InChI=1S/C13H11N3O2/c14-11-8-9(13(17)18)6-7-12(11)16-15-10-4-2-1-3-5-10/h1-8H,14H2,(H,17,18)/b16-15+. The normalized spacial score (nSPS) is 10.7. The number of nitrogen functional groups attached to an aromatic ring is 1. The van der Waals surface area contributed by atoms with Crippen LogP contribution in [0.2, 0.25) is 0 Å². The first kappa shape index (κ1) is 11.8. The summed E-state index contributed by atoms with van der Waals surface area (Å²) in [6.07, 6.45) is 0. The molecule has 0 aliphatic heterocycles. The molecule has 0 amide bonds. The predicted octanol–water partition coefficient (Wildman–Crippen LogP) is 3.38. The van der Waals surface area contributed by atoms with Crippen molar-refractivity contribution in [3.8, 4) is 0 Å². The van der Waals surface area contributed by atoms with Gasteiger partial charge in [0.05, 0.1) is 16.9 Å². The second kappa shape index (κ2) is 5.09. The van der Waals surface area contributed by atoms with Crippen LogP contribution in [0, 0.1) is 0 Å². The van der Waals surface area contributed by atoms with Crippen molar-refractivity contribution < 1.29 is 9.90 Å². The number of carboxylic acid groups (broad SMARTS) is 1. The first-order valence-electron chi connectivity index (χ1n) is 5.26. The summed E-state index contributed by atoms with van der Waals surface area (Å²) in [5.74, 6) is -1.02. The van der Waals surface area contributed by atoms with Crippen molar-refractivity contribution in [1.82, 2.24) is 0 Å². The first-order chi connectivity index (χ1) is 8.66. The number of azo groups is 1. The molecule has 2 rings (SSSR count). The average Bonchev–Trinajstić information content (AvgIpc) is 2.38. The molecule has 2 aromatic carbocycles. The summed E-state index contributed by atoms with van der Waals surface area (Å²) in [7, 11) is 0. The maximum atomic E-state index is 10.7. The molecule has 3 N–H and O–H groups in total. The highest BCUT2D eigenvalue weighted by Gasteiger charge is 2.05. The number of rotatable bonds is 3. The minimum Gasteiger partial charge on any atom is -0.478 e. The van der Waals surface area contributed by atoms with Gasteiger partial charge >= 0.3 is 5.97 Å². The Morgan fingerprint density at radius 1 is 1.06 bits per heavy atom. The van der Waals surface area contributed by atoms with Crippen molar-refractivity contribution >= 4 is 23.0 Å². The lowest BCUT2D eigenvalue weighted by Crippen LogP contribution is -1.97. The molecule has 0 spiro atoms. The van der Waals surface area contributed by atoms with Crippen LogP contribution in [0.15, 0.2) is 58.8 Å². The zero-order valence-electron chi connectivity index (χ0n) is 9.45. The third-order valence-electron chi connectivity index (χ3n) is 2.30. The van der Waals surface area contributed by atoms with Gasteiger partial charge in [0.1, 0.15) is 5.69 Å². The second-order valence-electron chi connectivity index (χ2n) is 3.61. The SMILES string of the molecule is Nc1cc(C(=O)O)ccc1/N=N/c1ccccc1. The second-order valence-corrected chi connectivity index (χ2v) is 3.61. The molecule has 0 bridgehead atoms. The molecule has 0 saturated carbocycles. The summed E-state index contributed by atoms with van der Waals surface area (Å²) in [6.45, 7) is 0. The first-order valence-corrected chi connectivity index (χ1v) is 5.26. The summed E-state index contributed by atoms with van der Waals surface area (Å²) >= 11 is 0. The van der Waals surface area contributed by atoms with Gasteiger partial charge in [-0.2, -0.15) is 5.11 Å². The van der Waals surface area contributed by atoms with Crippen LogP contribution in [0.25, 0.3) is 0 Å². The van der Waals surface area contributed by atoms with Crippen LogP contribution in [0.4, 0.5) is 17.1 Å². The van der Waals surface area contributed by atoms with Crippen molar-refractivity contribution in [2.24, 2.45) is 10.2 Å². The maximum Gasteiger partial charge on any atom is 0.335 e. The van der Waals surface area contributed by atoms with Gasteiger partial charge in [-0.1, -0.05) is 18.2 Å². The molecule has 5 heteroatoms. The number of hydrogen-bond donors (Lipinski definition) is 2. The highest BCUT2D eigenvalue weighted by atomic mass is 16.4. The van der Waals surface area contributed by atoms with E-state index >= 15 is 0 Å². The summed E-state index contributed by atoms with van der Waals surface area (Å²) in [5, 5.41) is 16.8. The van der Waals surface area contributed by atoms with Gasteiger partial charge in [-0.15, -0.1) is 5.11 Å². The number of nitrogens with zero attached hydrogens (tertiary/aromatic N) is 2. The van der Waals surface area contributed by atoms with E-state index in [1.807, 2.05) is 30.3 Å². The maximum absolute atomic E-state index is 10.7. The molecule has 2 aromatic rings. The van der Waals surface area contributed by atoms with Crippen LogP contribution in [0.5, 0.6) is 0 Å². The molecule has 0 aliphatic rings. The van der Waals surface area contributed by atoms with Gasteiger partial charge in [0.25, 0.3) is 0 Å². The van der Waals surface area contributed by atoms with Crippen LogP contribution >= 0.6 is 0 Å². The largest absolute Gasteiger partial charge is 0.478 e. The fourth-order valence-corrected chi connectivity index (χ4v) is 1.38. The number of carboxylic acids is 1. The third kappa shape index (κ3) is 2.70. The minimum absolute atomic E-state index is 0.131. The van der Waals surface area contributed by atoms with Gasteiger partial charge < -0.3 is 10.8 Å². The Morgan fingerprint density at radius 3 is 2.39 bits per heavy atom. The molecule has 0 heterocycles. The van der Waals surface area contributed by atoms with Crippen molar-refractivity contribution in [2.75, 3.05) is 5.73 Å². The molecule has 0 saturated heterocycles. The third-order valence-corrected chi connectivity index (χ3v) is 2.30. The van der Waals surface area contributed by atoms with E-state index in [9.17, 15) is 4.79 Å². The van der Waals surface area contributed by atoms with E-state index < -0.39 is 5.97 Å². The van der Waals surface area contributed by atoms with Gasteiger partial charge in [-0.05, 0) is 30.3 Å². The number of carbonyl (C=O) groups is 1. The highest BCUT2D eigenvalue weighted by molar-refractivity contribution is 5.90. The molecule has 5 nitrogen and oxygen atoms in total. The van der Waals surface area contributed by atoms with Crippen LogP contribution in [0.3, 0.4) is 0 Å². The number of hydrogen-bond acceptors (Lipinski definition) is 4. The molecule has 0 aromatic heterocycles. The monoisotopic (exact) mass is 241 g/mol.